The fourth-order valence-corrected chi connectivity index (χ4v) is 2.77. The summed E-state index contributed by atoms with van der Waals surface area (Å²) in [6.07, 6.45) is -0.149. The lowest BCUT2D eigenvalue weighted by Crippen LogP contribution is -2.34. The fourth-order valence-electron chi connectivity index (χ4n) is 2.77. The predicted octanol–water partition coefficient (Wildman–Crippen LogP) is 3.86. The van der Waals surface area contributed by atoms with Crippen LogP contribution in [0.2, 0.25) is 0 Å². The Labute approximate surface area is 130 Å². The van der Waals surface area contributed by atoms with Crippen LogP contribution in [0.15, 0.2) is 48.5 Å². The van der Waals surface area contributed by atoms with E-state index in [1.54, 1.807) is 0 Å². The van der Waals surface area contributed by atoms with Crippen LogP contribution in [0.4, 0.5) is 4.79 Å². The maximum atomic E-state index is 11.1. The van der Waals surface area contributed by atoms with Crippen LogP contribution in [0.25, 0.3) is 0 Å². The molecule has 1 aliphatic heterocycles. The molecular weight excluding hydrogens is 278 g/mol. The van der Waals surface area contributed by atoms with Gasteiger partial charge in [-0.3, -0.25) is 0 Å². The van der Waals surface area contributed by atoms with Crippen molar-refractivity contribution in [1.29, 1.82) is 0 Å². The number of carboxylic acid groups (broad SMARTS) is 1. The summed E-state index contributed by atoms with van der Waals surface area (Å²) in [5.41, 5.74) is 3.36. The van der Waals surface area contributed by atoms with Gasteiger partial charge >= 0.3 is 6.09 Å². The van der Waals surface area contributed by atoms with E-state index in [-0.39, 0.29) is 6.10 Å². The van der Waals surface area contributed by atoms with Crippen LogP contribution < -0.4 is 4.74 Å². The minimum absolute atomic E-state index is 0.0431. The molecule has 0 saturated carbocycles. The quantitative estimate of drug-likeness (QED) is 0.935. The molecule has 4 nitrogen and oxygen atoms in total. The standard InChI is InChI=1S/C18H19NO3/c1-13(14-5-3-2-4-6-14)22-17-8-7-15-9-10-19(18(20)21)12-16(15)11-17/h2-8,11,13H,9-10,12H2,1H3,(H,20,21). The van der Waals surface area contributed by atoms with Gasteiger partial charge in [0.25, 0.3) is 0 Å². The van der Waals surface area contributed by atoms with Gasteiger partial charge in [0, 0.05) is 13.1 Å². The Hall–Kier alpha value is -2.49. The Kier molecular flexibility index (Phi) is 4.00. The molecule has 4 heteroatoms. The van der Waals surface area contributed by atoms with E-state index in [0.717, 1.165) is 23.3 Å². The van der Waals surface area contributed by atoms with E-state index in [4.69, 9.17) is 9.84 Å². The van der Waals surface area contributed by atoms with E-state index >= 15 is 0 Å². The number of carbonyl (C=O) groups is 1. The Morgan fingerprint density at radius 1 is 1.18 bits per heavy atom. The number of rotatable bonds is 3. The SMILES string of the molecule is CC(Oc1ccc2c(c1)CN(C(=O)O)CC2)c1ccccc1. The zero-order valence-electron chi connectivity index (χ0n) is 12.5. The van der Waals surface area contributed by atoms with Crippen molar-refractivity contribution in [2.75, 3.05) is 6.54 Å². The van der Waals surface area contributed by atoms with Crippen molar-refractivity contribution in [2.24, 2.45) is 0 Å². The van der Waals surface area contributed by atoms with Crippen molar-refractivity contribution in [1.82, 2.24) is 4.90 Å². The molecule has 1 heterocycles. The smallest absolute Gasteiger partial charge is 0.407 e. The first-order valence-corrected chi connectivity index (χ1v) is 7.45. The highest BCUT2D eigenvalue weighted by atomic mass is 16.5. The van der Waals surface area contributed by atoms with E-state index in [9.17, 15) is 4.79 Å². The van der Waals surface area contributed by atoms with Gasteiger partial charge in [0.2, 0.25) is 0 Å². The van der Waals surface area contributed by atoms with Crippen molar-refractivity contribution < 1.29 is 14.6 Å². The van der Waals surface area contributed by atoms with E-state index in [1.807, 2.05) is 55.5 Å². The molecule has 114 valence electrons. The van der Waals surface area contributed by atoms with E-state index in [1.165, 1.54) is 10.5 Å². The minimum atomic E-state index is -0.866. The fraction of sp³-hybridized carbons (Fsp3) is 0.278. The lowest BCUT2D eigenvalue weighted by molar-refractivity contribution is 0.139. The monoisotopic (exact) mass is 297 g/mol. The lowest BCUT2D eigenvalue weighted by atomic mass is 10.00. The highest BCUT2D eigenvalue weighted by Crippen LogP contribution is 2.27. The maximum absolute atomic E-state index is 11.1. The first-order valence-electron chi connectivity index (χ1n) is 7.45. The lowest BCUT2D eigenvalue weighted by Gasteiger charge is -2.27. The summed E-state index contributed by atoms with van der Waals surface area (Å²) in [7, 11) is 0. The summed E-state index contributed by atoms with van der Waals surface area (Å²) in [5, 5.41) is 9.12. The third kappa shape index (κ3) is 3.06. The third-order valence-corrected chi connectivity index (χ3v) is 4.04. The molecule has 1 N–H and O–H groups in total. The predicted molar refractivity (Wildman–Crippen MR) is 84.1 cm³/mol. The van der Waals surface area contributed by atoms with Gasteiger partial charge < -0.3 is 14.7 Å². The highest BCUT2D eigenvalue weighted by Gasteiger charge is 2.20. The number of ether oxygens (including phenoxy) is 1. The normalized spacial score (nSPS) is 15.0. The molecule has 1 atom stereocenters. The molecule has 0 spiro atoms. The minimum Gasteiger partial charge on any atom is -0.486 e. The Morgan fingerprint density at radius 2 is 1.95 bits per heavy atom. The van der Waals surface area contributed by atoms with Crippen molar-refractivity contribution in [3.8, 4) is 5.75 Å². The van der Waals surface area contributed by atoms with Gasteiger partial charge in [0.1, 0.15) is 11.9 Å². The molecule has 0 aliphatic carbocycles. The van der Waals surface area contributed by atoms with Crippen LogP contribution in [0.1, 0.15) is 29.7 Å². The maximum Gasteiger partial charge on any atom is 0.407 e. The molecule has 1 unspecified atom stereocenters. The van der Waals surface area contributed by atoms with Gasteiger partial charge in [-0.15, -0.1) is 0 Å². The molecule has 0 fully saturated rings. The molecule has 1 amide bonds. The van der Waals surface area contributed by atoms with Gasteiger partial charge in [-0.2, -0.15) is 0 Å². The van der Waals surface area contributed by atoms with E-state index < -0.39 is 6.09 Å². The highest BCUT2D eigenvalue weighted by molar-refractivity contribution is 5.65. The Morgan fingerprint density at radius 3 is 2.68 bits per heavy atom. The van der Waals surface area contributed by atoms with E-state index in [2.05, 4.69) is 0 Å². The number of hydrogen-bond donors (Lipinski definition) is 1. The number of amides is 1. The summed E-state index contributed by atoms with van der Waals surface area (Å²) < 4.78 is 6.00. The third-order valence-electron chi connectivity index (χ3n) is 4.04. The molecule has 22 heavy (non-hydrogen) atoms. The molecule has 0 saturated heterocycles. The van der Waals surface area contributed by atoms with Crippen LogP contribution in [-0.4, -0.2) is 22.6 Å². The number of benzene rings is 2. The second kappa shape index (κ2) is 6.10. The average Bonchev–Trinajstić information content (AvgIpc) is 2.55. The first-order chi connectivity index (χ1) is 10.6. The largest absolute Gasteiger partial charge is 0.486 e. The average molecular weight is 297 g/mol. The molecule has 3 rings (SSSR count). The molecule has 0 bridgehead atoms. The molecular formula is C18H19NO3. The second-order valence-electron chi connectivity index (χ2n) is 5.56. The number of fused-ring (bicyclic) bond motifs is 1. The van der Waals surface area contributed by atoms with Crippen LogP contribution in [0.5, 0.6) is 5.75 Å². The van der Waals surface area contributed by atoms with Crippen molar-refractivity contribution in [2.45, 2.75) is 26.0 Å². The van der Waals surface area contributed by atoms with Crippen LogP contribution in [0.3, 0.4) is 0 Å². The van der Waals surface area contributed by atoms with E-state index in [0.29, 0.717) is 13.1 Å². The Bertz CT molecular complexity index is 669. The van der Waals surface area contributed by atoms with Gasteiger partial charge in [-0.25, -0.2) is 4.79 Å². The van der Waals surface area contributed by atoms with Crippen molar-refractivity contribution in [3.63, 3.8) is 0 Å². The van der Waals surface area contributed by atoms with Crippen molar-refractivity contribution >= 4 is 6.09 Å². The zero-order valence-corrected chi connectivity index (χ0v) is 12.5. The molecule has 2 aromatic carbocycles. The first kappa shape index (κ1) is 14.4. The molecule has 0 aromatic heterocycles. The molecule has 0 radical (unpaired) electrons. The Balaban J connectivity index is 1.76. The summed E-state index contributed by atoms with van der Waals surface area (Å²) in [4.78, 5) is 12.5. The van der Waals surface area contributed by atoms with Crippen LogP contribution in [-0.2, 0) is 13.0 Å². The van der Waals surface area contributed by atoms with Gasteiger partial charge in [0.05, 0.1) is 0 Å². The summed E-state index contributed by atoms with van der Waals surface area (Å²) in [6.45, 7) is 3.00. The van der Waals surface area contributed by atoms with Crippen LogP contribution in [0, 0.1) is 0 Å². The van der Waals surface area contributed by atoms with Gasteiger partial charge in [-0.05, 0) is 42.2 Å². The summed E-state index contributed by atoms with van der Waals surface area (Å²) >= 11 is 0. The summed E-state index contributed by atoms with van der Waals surface area (Å²) in [6, 6.07) is 16.0. The molecule has 1 aliphatic rings. The number of hydrogen-bond acceptors (Lipinski definition) is 2. The molecule has 2 aromatic rings. The van der Waals surface area contributed by atoms with Gasteiger partial charge in [0.15, 0.2) is 0 Å². The second-order valence-corrected chi connectivity index (χ2v) is 5.56. The van der Waals surface area contributed by atoms with Crippen molar-refractivity contribution in [3.05, 3.63) is 65.2 Å². The van der Waals surface area contributed by atoms with Gasteiger partial charge in [-0.1, -0.05) is 36.4 Å². The zero-order chi connectivity index (χ0) is 15.5. The number of nitrogens with zero attached hydrogens (tertiary/aromatic N) is 1. The van der Waals surface area contributed by atoms with Crippen LogP contribution >= 0.6 is 0 Å². The summed E-state index contributed by atoms with van der Waals surface area (Å²) in [5.74, 6) is 0.780. The topological polar surface area (TPSA) is 49.8 Å².